The molecule has 0 spiro atoms. The number of aromatic nitrogens is 1. The van der Waals surface area contributed by atoms with Gasteiger partial charge in [0.15, 0.2) is 0 Å². The third-order valence-corrected chi connectivity index (χ3v) is 4.44. The summed E-state index contributed by atoms with van der Waals surface area (Å²) < 4.78 is 27.2. The number of nitrogens with two attached hydrogens (primary N) is 1. The molecule has 0 aliphatic heterocycles. The van der Waals surface area contributed by atoms with Gasteiger partial charge in [-0.05, 0) is 13.0 Å². The molecule has 0 amide bonds. The zero-order valence-electron chi connectivity index (χ0n) is 9.80. The standard InChI is InChI=1S/C9H18N4O2S2/c1-13(6-2-4-10)17(14,15)12-5-3-9-7-16-8-11-9/h7-8,12H,2-6,10H2,1H3. The molecule has 6 nitrogen and oxygen atoms in total. The van der Waals surface area contributed by atoms with E-state index in [1.807, 2.05) is 5.38 Å². The molecule has 1 heterocycles. The van der Waals surface area contributed by atoms with Crippen molar-refractivity contribution in [2.75, 3.05) is 26.7 Å². The lowest BCUT2D eigenvalue weighted by atomic mass is 10.3. The molecule has 0 saturated carbocycles. The second-order valence-corrected chi connectivity index (χ2v) is 6.17. The molecule has 0 aromatic carbocycles. The van der Waals surface area contributed by atoms with Crippen LogP contribution < -0.4 is 10.5 Å². The summed E-state index contributed by atoms with van der Waals surface area (Å²) in [5.74, 6) is 0. The lowest BCUT2D eigenvalue weighted by molar-refractivity contribution is 0.453. The van der Waals surface area contributed by atoms with Crippen molar-refractivity contribution in [2.45, 2.75) is 12.8 Å². The van der Waals surface area contributed by atoms with Crippen LogP contribution >= 0.6 is 11.3 Å². The quantitative estimate of drug-likeness (QED) is 0.689. The maximum atomic E-state index is 11.7. The Morgan fingerprint density at radius 3 is 2.94 bits per heavy atom. The van der Waals surface area contributed by atoms with Gasteiger partial charge in [0.1, 0.15) is 0 Å². The maximum absolute atomic E-state index is 11.7. The van der Waals surface area contributed by atoms with Gasteiger partial charge in [-0.25, -0.2) is 9.71 Å². The Balaban J connectivity index is 2.33. The molecule has 98 valence electrons. The normalized spacial score (nSPS) is 12.2. The van der Waals surface area contributed by atoms with E-state index in [0.717, 1.165) is 5.69 Å². The second-order valence-electron chi connectivity index (χ2n) is 3.59. The van der Waals surface area contributed by atoms with E-state index < -0.39 is 10.2 Å². The summed E-state index contributed by atoms with van der Waals surface area (Å²) >= 11 is 1.50. The Hall–Kier alpha value is -0.540. The van der Waals surface area contributed by atoms with Gasteiger partial charge in [0.2, 0.25) is 0 Å². The van der Waals surface area contributed by atoms with Gasteiger partial charge in [-0.3, -0.25) is 0 Å². The minimum atomic E-state index is -3.38. The molecule has 1 aromatic rings. The van der Waals surface area contributed by atoms with Crippen LogP contribution in [-0.4, -0.2) is 44.4 Å². The summed E-state index contributed by atoms with van der Waals surface area (Å²) in [4.78, 5) is 4.08. The molecule has 3 N–H and O–H groups in total. The van der Waals surface area contributed by atoms with Crippen molar-refractivity contribution in [3.8, 4) is 0 Å². The summed E-state index contributed by atoms with van der Waals surface area (Å²) in [5, 5.41) is 1.91. The monoisotopic (exact) mass is 278 g/mol. The summed E-state index contributed by atoms with van der Waals surface area (Å²) in [5.41, 5.74) is 7.97. The van der Waals surface area contributed by atoms with Gasteiger partial charge < -0.3 is 5.73 Å². The smallest absolute Gasteiger partial charge is 0.279 e. The van der Waals surface area contributed by atoms with Gasteiger partial charge in [-0.2, -0.15) is 12.7 Å². The first kappa shape index (κ1) is 14.5. The molecule has 0 unspecified atom stereocenters. The highest BCUT2D eigenvalue weighted by molar-refractivity contribution is 7.87. The molecule has 0 atom stereocenters. The second kappa shape index (κ2) is 7.02. The largest absolute Gasteiger partial charge is 0.330 e. The molecule has 0 bridgehead atoms. The fourth-order valence-electron chi connectivity index (χ4n) is 1.21. The van der Waals surface area contributed by atoms with Crippen LogP contribution in [0.15, 0.2) is 10.9 Å². The number of hydrogen-bond acceptors (Lipinski definition) is 5. The fraction of sp³-hybridized carbons (Fsp3) is 0.667. The molecule has 0 saturated heterocycles. The highest BCUT2D eigenvalue weighted by Gasteiger charge is 2.15. The average Bonchev–Trinajstić information content (AvgIpc) is 2.78. The molecule has 17 heavy (non-hydrogen) atoms. The van der Waals surface area contributed by atoms with Gasteiger partial charge in [0.05, 0.1) is 11.2 Å². The topological polar surface area (TPSA) is 88.3 Å². The Morgan fingerprint density at radius 2 is 2.35 bits per heavy atom. The van der Waals surface area contributed by atoms with Crippen LogP contribution in [0.5, 0.6) is 0 Å². The summed E-state index contributed by atoms with van der Waals surface area (Å²) in [6, 6.07) is 0. The number of rotatable bonds is 8. The van der Waals surface area contributed by atoms with E-state index in [2.05, 4.69) is 9.71 Å². The predicted molar refractivity (Wildman–Crippen MR) is 69.0 cm³/mol. The van der Waals surface area contributed by atoms with Crippen LogP contribution in [0.1, 0.15) is 12.1 Å². The molecule has 1 aromatic heterocycles. The molecule has 0 radical (unpaired) electrons. The minimum Gasteiger partial charge on any atom is -0.330 e. The van der Waals surface area contributed by atoms with Crippen molar-refractivity contribution >= 4 is 21.5 Å². The van der Waals surface area contributed by atoms with Crippen molar-refractivity contribution < 1.29 is 8.42 Å². The maximum Gasteiger partial charge on any atom is 0.279 e. The Labute approximate surface area is 106 Å². The first-order chi connectivity index (χ1) is 8.06. The SMILES string of the molecule is CN(CCCN)S(=O)(=O)NCCc1cscn1. The van der Waals surface area contributed by atoms with Gasteiger partial charge in [0, 0.05) is 31.9 Å². The van der Waals surface area contributed by atoms with Gasteiger partial charge in [-0.1, -0.05) is 0 Å². The minimum absolute atomic E-state index is 0.360. The van der Waals surface area contributed by atoms with Crippen LogP contribution in [0.3, 0.4) is 0 Å². The molecule has 0 fully saturated rings. The van der Waals surface area contributed by atoms with Crippen molar-refractivity contribution in [3.63, 3.8) is 0 Å². The van der Waals surface area contributed by atoms with Gasteiger partial charge >= 0.3 is 0 Å². The van der Waals surface area contributed by atoms with Gasteiger partial charge in [0.25, 0.3) is 10.2 Å². The van der Waals surface area contributed by atoms with E-state index in [1.165, 1.54) is 15.6 Å². The average molecular weight is 278 g/mol. The van der Waals surface area contributed by atoms with E-state index in [9.17, 15) is 8.42 Å². The Kier molecular flexibility index (Phi) is 6.00. The van der Waals surface area contributed by atoms with E-state index in [1.54, 1.807) is 12.6 Å². The van der Waals surface area contributed by atoms with Crippen LogP contribution in [0.2, 0.25) is 0 Å². The summed E-state index contributed by atoms with van der Waals surface area (Å²) in [7, 11) is -1.84. The molecule has 0 aliphatic carbocycles. The van der Waals surface area contributed by atoms with E-state index in [4.69, 9.17) is 5.73 Å². The first-order valence-electron chi connectivity index (χ1n) is 5.34. The van der Waals surface area contributed by atoms with Crippen molar-refractivity contribution in [1.82, 2.24) is 14.0 Å². The van der Waals surface area contributed by atoms with Gasteiger partial charge in [-0.15, -0.1) is 11.3 Å². The number of hydrogen-bond donors (Lipinski definition) is 2. The lowest BCUT2D eigenvalue weighted by Crippen LogP contribution is -2.40. The van der Waals surface area contributed by atoms with Crippen molar-refractivity contribution in [1.29, 1.82) is 0 Å². The summed E-state index contributed by atoms with van der Waals surface area (Å²) in [6.45, 7) is 1.28. The molecular formula is C9H18N4O2S2. The number of nitrogens with one attached hydrogen (secondary N) is 1. The first-order valence-corrected chi connectivity index (χ1v) is 7.72. The Morgan fingerprint density at radius 1 is 1.59 bits per heavy atom. The number of nitrogens with zero attached hydrogens (tertiary/aromatic N) is 2. The van der Waals surface area contributed by atoms with Crippen molar-refractivity contribution in [2.24, 2.45) is 5.73 Å². The number of thiazole rings is 1. The molecule has 1 rings (SSSR count). The van der Waals surface area contributed by atoms with Crippen LogP contribution in [-0.2, 0) is 16.6 Å². The zero-order chi connectivity index (χ0) is 12.7. The molecular weight excluding hydrogens is 260 g/mol. The fourth-order valence-corrected chi connectivity index (χ4v) is 2.76. The van der Waals surface area contributed by atoms with Crippen LogP contribution in [0, 0.1) is 0 Å². The van der Waals surface area contributed by atoms with Crippen LogP contribution in [0.25, 0.3) is 0 Å². The highest BCUT2D eigenvalue weighted by Crippen LogP contribution is 2.01. The zero-order valence-corrected chi connectivity index (χ0v) is 11.4. The lowest BCUT2D eigenvalue weighted by Gasteiger charge is -2.16. The predicted octanol–water partition coefficient (Wildman–Crippen LogP) is -0.199. The Bertz CT molecular complexity index is 405. The highest BCUT2D eigenvalue weighted by atomic mass is 32.2. The van der Waals surface area contributed by atoms with Crippen molar-refractivity contribution in [3.05, 3.63) is 16.6 Å². The van der Waals surface area contributed by atoms with E-state index >= 15 is 0 Å². The van der Waals surface area contributed by atoms with E-state index in [-0.39, 0.29) is 0 Å². The summed E-state index contributed by atoms with van der Waals surface area (Å²) in [6.07, 6.45) is 1.26. The third kappa shape index (κ3) is 5.09. The molecule has 0 aliphatic rings. The van der Waals surface area contributed by atoms with E-state index in [0.29, 0.717) is 32.5 Å². The third-order valence-electron chi connectivity index (χ3n) is 2.24. The van der Waals surface area contributed by atoms with Crippen LogP contribution in [0.4, 0.5) is 0 Å². The molecule has 8 heteroatoms.